The van der Waals surface area contributed by atoms with Gasteiger partial charge < -0.3 is 10.1 Å². The van der Waals surface area contributed by atoms with Crippen molar-refractivity contribution in [3.63, 3.8) is 0 Å². The number of nitrogens with zero attached hydrogens (tertiary/aromatic N) is 5. The number of aryl methyl sites for hydroxylation is 2. The highest BCUT2D eigenvalue weighted by Crippen LogP contribution is 2.25. The van der Waals surface area contributed by atoms with Crippen LogP contribution >= 0.6 is 11.8 Å². The summed E-state index contributed by atoms with van der Waals surface area (Å²) in [6.07, 6.45) is 7.94. The van der Waals surface area contributed by atoms with Crippen molar-refractivity contribution in [2.75, 3.05) is 13.7 Å². The van der Waals surface area contributed by atoms with Crippen LogP contribution in [0.25, 0.3) is 5.69 Å². The first-order chi connectivity index (χ1) is 16.5. The molecule has 0 atom stereocenters. The van der Waals surface area contributed by atoms with Crippen LogP contribution in [0.4, 0.5) is 0 Å². The highest BCUT2D eigenvalue weighted by molar-refractivity contribution is 7.98. The van der Waals surface area contributed by atoms with Crippen LogP contribution in [0.3, 0.4) is 0 Å². The van der Waals surface area contributed by atoms with Crippen molar-refractivity contribution in [3.8, 4) is 11.4 Å². The summed E-state index contributed by atoms with van der Waals surface area (Å²) in [5.74, 6) is 0.988. The van der Waals surface area contributed by atoms with Crippen molar-refractivity contribution >= 4 is 17.7 Å². The van der Waals surface area contributed by atoms with E-state index in [0.717, 1.165) is 42.1 Å². The Hall–Kier alpha value is -3.20. The number of allylic oxidation sites excluding steroid dienone is 1. The average molecular weight is 479 g/mol. The molecule has 1 amide bonds. The minimum absolute atomic E-state index is 0.215. The monoisotopic (exact) mass is 478 g/mol. The first-order valence-electron chi connectivity index (χ1n) is 11.5. The molecule has 178 valence electrons. The summed E-state index contributed by atoms with van der Waals surface area (Å²) >= 11 is 1.46. The van der Waals surface area contributed by atoms with Crippen LogP contribution in [0.2, 0.25) is 0 Å². The van der Waals surface area contributed by atoms with Gasteiger partial charge in [0.15, 0.2) is 10.9 Å². The van der Waals surface area contributed by atoms with Crippen molar-refractivity contribution in [3.05, 3.63) is 64.8 Å². The van der Waals surface area contributed by atoms with E-state index in [4.69, 9.17) is 4.74 Å². The lowest BCUT2D eigenvalue weighted by atomic mass is 9.97. The Bertz CT molecular complexity index is 1150. The fourth-order valence-corrected chi connectivity index (χ4v) is 4.92. The van der Waals surface area contributed by atoms with E-state index in [1.807, 2.05) is 44.2 Å². The molecule has 0 radical (unpaired) electrons. The van der Waals surface area contributed by atoms with E-state index in [1.165, 1.54) is 30.2 Å². The van der Waals surface area contributed by atoms with Gasteiger partial charge in [0, 0.05) is 23.7 Å². The maximum atomic E-state index is 13.1. The van der Waals surface area contributed by atoms with Gasteiger partial charge in [-0.25, -0.2) is 14.6 Å². The normalized spacial score (nSPS) is 13.4. The maximum Gasteiger partial charge on any atom is 0.273 e. The zero-order chi connectivity index (χ0) is 23.9. The SMILES string of the molecule is COc1ccc(-n2nnc(C(=O)NCCC3=CCCCC3)c2CSc2nc(C)cc(C)n2)cc1. The van der Waals surface area contributed by atoms with Crippen LogP contribution in [-0.2, 0) is 5.75 Å². The standard InChI is InChI=1S/C25H30N6O2S/c1-17-15-18(2)28-25(27-17)34-16-22-23(24(32)26-14-13-19-7-5-4-6-8-19)29-30-31(22)20-9-11-21(33-3)12-10-20/h7,9-12,15H,4-6,8,13-14,16H2,1-3H3,(H,26,32). The van der Waals surface area contributed by atoms with Crippen molar-refractivity contribution in [2.45, 2.75) is 56.9 Å². The minimum Gasteiger partial charge on any atom is -0.497 e. The van der Waals surface area contributed by atoms with Gasteiger partial charge >= 0.3 is 0 Å². The van der Waals surface area contributed by atoms with Crippen LogP contribution < -0.4 is 10.1 Å². The molecule has 2 heterocycles. The minimum atomic E-state index is -0.215. The van der Waals surface area contributed by atoms with Crippen molar-refractivity contribution < 1.29 is 9.53 Å². The van der Waals surface area contributed by atoms with E-state index >= 15 is 0 Å². The maximum absolute atomic E-state index is 13.1. The molecule has 0 aliphatic heterocycles. The predicted molar refractivity (Wildman–Crippen MR) is 132 cm³/mol. The van der Waals surface area contributed by atoms with Crippen LogP contribution in [0.5, 0.6) is 5.75 Å². The summed E-state index contributed by atoms with van der Waals surface area (Å²) in [6, 6.07) is 9.45. The zero-order valence-corrected chi connectivity index (χ0v) is 20.7. The molecule has 34 heavy (non-hydrogen) atoms. The second kappa shape index (κ2) is 11.3. The number of thioether (sulfide) groups is 1. The molecule has 1 N–H and O–H groups in total. The number of methoxy groups -OCH3 is 1. The third-order valence-corrected chi connectivity index (χ3v) is 6.57. The summed E-state index contributed by atoms with van der Waals surface area (Å²) in [4.78, 5) is 22.1. The molecule has 0 unspecified atom stereocenters. The first-order valence-corrected chi connectivity index (χ1v) is 12.5. The second-order valence-electron chi connectivity index (χ2n) is 8.33. The van der Waals surface area contributed by atoms with E-state index in [0.29, 0.717) is 28.8 Å². The molecule has 3 aromatic rings. The molecule has 9 heteroatoms. The molecule has 0 fully saturated rings. The van der Waals surface area contributed by atoms with Gasteiger partial charge in [-0.05, 0) is 76.3 Å². The van der Waals surface area contributed by atoms with Gasteiger partial charge in [-0.2, -0.15) is 0 Å². The van der Waals surface area contributed by atoms with Gasteiger partial charge in [-0.15, -0.1) is 5.10 Å². The van der Waals surface area contributed by atoms with Crippen LogP contribution in [0.1, 0.15) is 59.7 Å². The van der Waals surface area contributed by atoms with Gasteiger partial charge in [-0.3, -0.25) is 4.79 Å². The lowest BCUT2D eigenvalue weighted by molar-refractivity contribution is 0.0948. The third kappa shape index (κ3) is 6.02. The number of carbonyl (C=O) groups excluding carboxylic acids is 1. The number of carbonyl (C=O) groups is 1. The molecule has 8 nitrogen and oxygen atoms in total. The van der Waals surface area contributed by atoms with E-state index in [-0.39, 0.29) is 5.91 Å². The quantitative estimate of drug-likeness (QED) is 0.273. The Labute approximate surface area is 204 Å². The number of hydrogen-bond donors (Lipinski definition) is 1. The molecular weight excluding hydrogens is 448 g/mol. The Balaban J connectivity index is 1.55. The number of nitrogens with one attached hydrogen (secondary N) is 1. The average Bonchev–Trinajstić information content (AvgIpc) is 3.27. The molecule has 0 saturated heterocycles. The molecule has 1 aromatic carbocycles. The Morgan fingerprint density at radius 1 is 1.15 bits per heavy atom. The Kier molecular flexibility index (Phi) is 7.95. The summed E-state index contributed by atoms with van der Waals surface area (Å²) in [5.41, 5.74) is 5.07. The van der Waals surface area contributed by atoms with Crippen molar-refractivity contribution in [1.82, 2.24) is 30.3 Å². The number of ether oxygens (including phenoxy) is 1. The molecule has 0 saturated carbocycles. The fourth-order valence-electron chi connectivity index (χ4n) is 3.98. The number of aromatic nitrogens is 5. The molecule has 4 rings (SSSR count). The highest BCUT2D eigenvalue weighted by atomic mass is 32.2. The second-order valence-corrected chi connectivity index (χ2v) is 9.27. The van der Waals surface area contributed by atoms with Gasteiger partial charge in [-0.1, -0.05) is 28.6 Å². The Morgan fingerprint density at radius 2 is 1.91 bits per heavy atom. The van der Waals surface area contributed by atoms with Crippen LogP contribution in [0, 0.1) is 13.8 Å². The zero-order valence-electron chi connectivity index (χ0n) is 19.9. The summed E-state index contributed by atoms with van der Waals surface area (Å²) in [5, 5.41) is 12.2. The number of rotatable bonds is 9. The topological polar surface area (TPSA) is 94.8 Å². The smallest absolute Gasteiger partial charge is 0.273 e. The predicted octanol–water partition coefficient (Wildman–Crippen LogP) is 4.60. The molecule has 2 aromatic heterocycles. The van der Waals surface area contributed by atoms with E-state index in [1.54, 1.807) is 11.8 Å². The molecule has 0 bridgehead atoms. The lowest BCUT2D eigenvalue weighted by Crippen LogP contribution is -2.26. The lowest BCUT2D eigenvalue weighted by Gasteiger charge is -2.13. The number of hydrogen-bond acceptors (Lipinski definition) is 7. The largest absolute Gasteiger partial charge is 0.497 e. The van der Waals surface area contributed by atoms with Gasteiger partial charge in [0.05, 0.1) is 18.5 Å². The number of amides is 1. The number of benzene rings is 1. The summed E-state index contributed by atoms with van der Waals surface area (Å²) < 4.78 is 6.97. The molecule has 1 aliphatic rings. The third-order valence-electron chi connectivity index (χ3n) is 5.71. The van der Waals surface area contributed by atoms with Crippen LogP contribution in [0.15, 0.2) is 47.1 Å². The van der Waals surface area contributed by atoms with Gasteiger partial charge in [0.1, 0.15) is 5.75 Å². The van der Waals surface area contributed by atoms with E-state index < -0.39 is 0 Å². The van der Waals surface area contributed by atoms with Crippen LogP contribution in [-0.4, -0.2) is 44.5 Å². The van der Waals surface area contributed by atoms with Crippen molar-refractivity contribution in [2.24, 2.45) is 0 Å². The fraction of sp³-hybridized carbons (Fsp3) is 0.400. The van der Waals surface area contributed by atoms with Gasteiger partial charge in [0.25, 0.3) is 5.91 Å². The molecule has 0 spiro atoms. The summed E-state index contributed by atoms with van der Waals surface area (Å²) in [7, 11) is 1.63. The highest BCUT2D eigenvalue weighted by Gasteiger charge is 2.21. The van der Waals surface area contributed by atoms with Crippen molar-refractivity contribution in [1.29, 1.82) is 0 Å². The van der Waals surface area contributed by atoms with E-state index in [9.17, 15) is 4.79 Å². The molecular formula is C25H30N6O2S. The first kappa shape index (κ1) is 23.9. The van der Waals surface area contributed by atoms with Gasteiger partial charge in [0.2, 0.25) is 0 Å². The Morgan fingerprint density at radius 3 is 2.59 bits per heavy atom. The summed E-state index contributed by atoms with van der Waals surface area (Å²) in [6.45, 7) is 4.48. The molecule has 1 aliphatic carbocycles. The van der Waals surface area contributed by atoms with E-state index in [2.05, 4.69) is 31.7 Å².